The molecule has 0 radical (unpaired) electrons. The van der Waals surface area contributed by atoms with E-state index in [0.29, 0.717) is 12.1 Å². The Morgan fingerprint density at radius 1 is 1.00 bits per heavy atom. The van der Waals surface area contributed by atoms with Crippen LogP contribution in [0.5, 0.6) is 0 Å². The van der Waals surface area contributed by atoms with Crippen LogP contribution < -0.4 is 5.32 Å². The Hall–Kier alpha value is -1.84. The smallest absolute Gasteiger partial charge is 0.261 e. The number of hydrogen-bond acceptors (Lipinski definition) is 4. The van der Waals surface area contributed by atoms with Crippen molar-refractivity contribution in [3.63, 3.8) is 0 Å². The zero-order valence-electron chi connectivity index (χ0n) is 11.0. The van der Waals surface area contributed by atoms with Crippen molar-refractivity contribution in [2.24, 2.45) is 0 Å². The van der Waals surface area contributed by atoms with Gasteiger partial charge in [-0.3, -0.25) is 0 Å². The molecule has 0 aliphatic rings. The van der Waals surface area contributed by atoms with Crippen molar-refractivity contribution in [3.05, 3.63) is 59.2 Å². The third-order valence-corrected chi connectivity index (χ3v) is 4.18. The van der Waals surface area contributed by atoms with Gasteiger partial charge in [0.1, 0.15) is 5.82 Å². The van der Waals surface area contributed by atoms with Gasteiger partial charge in [-0.1, -0.05) is 0 Å². The van der Waals surface area contributed by atoms with Crippen LogP contribution in [0.15, 0.2) is 35.2 Å². The molecule has 2 aromatic carbocycles. The maximum absolute atomic E-state index is 13.7. The summed E-state index contributed by atoms with van der Waals surface area (Å²) >= 11 is 0. The number of aliphatic hydroxyl groups excluding tert-OH is 1. The van der Waals surface area contributed by atoms with Gasteiger partial charge in [0.15, 0.2) is 23.7 Å². The molecular weight excluding hydrogens is 362 g/mol. The largest absolute Gasteiger partial charge is 0.369 e. The second-order valence-electron chi connectivity index (χ2n) is 4.42. The Bertz CT molecular complexity index is 837. The van der Waals surface area contributed by atoms with Gasteiger partial charge >= 0.3 is 0 Å². The Balaban J connectivity index is 2.36. The Kier molecular flexibility index (Phi) is 4.83. The highest BCUT2D eigenvalue weighted by Crippen LogP contribution is 2.26. The minimum Gasteiger partial charge on any atom is -0.369 e. The number of aliphatic hydroxyl groups is 1. The minimum atomic E-state index is -4.17. The number of nitrogens with one attached hydrogen (secondary N) is 1. The molecule has 0 bridgehead atoms. The predicted octanol–water partition coefficient (Wildman–Crippen LogP) is 3.27. The highest BCUT2D eigenvalue weighted by atomic mass is 35.7. The molecule has 1 atom stereocenters. The highest BCUT2D eigenvalue weighted by Gasteiger charge is 2.19. The van der Waals surface area contributed by atoms with E-state index in [1.54, 1.807) is 0 Å². The predicted molar refractivity (Wildman–Crippen MR) is 74.3 cm³/mol. The standard InChI is InChI=1S/C13H8ClF4NO3S/c14-23(21,22)7-1-2-9(15)8(5-7)13(20)19-6-3-10(16)12(18)11(17)4-6/h1-5,13,19-20H. The SMILES string of the molecule is O=S(=O)(Cl)c1ccc(F)c(C(O)Nc2cc(F)c(F)c(F)c2)c1. The van der Waals surface area contributed by atoms with Crippen molar-refractivity contribution in [2.75, 3.05) is 5.32 Å². The lowest BCUT2D eigenvalue weighted by molar-refractivity contribution is 0.202. The third-order valence-electron chi connectivity index (χ3n) is 2.83. The van der Waals surface area contributed by atoms with E-state index in [0.717, 1.165) is 18.2 Å². The summed E-state index contributed by atoms with van der Waals surface area (Å²) in [5.41, 5.74) is -0.913. The topological polar surface area (TPSA) is 66.4 Å². The summed E-state index contributed by atoms with van der Waals surface area (Å²) < 4.78 is 75.1. The van der Waals surface area contributed by atoms with Crippen molar-refractivity contribution in [1.29, 1.82) is 0 Å². The van der Waals surface area contributed by atoms with Crippen LogP contribution in [0, 0.1) is 23.3 Å². The summed E-state index contributed by atoms with van der Waals surface area (Å²) in [5.74, 6) is -5.72. The number of halogens is 5. The molecule has 0 heterocycles. The van der Waals surface area contributed by atoms with Gasteiger partial charge in [-0.05, 0) is 18.2 Å². The maximum atomic E-state index is 13.7. The highest BCUT2D eigenvalue weighted by molar-refractivity contribution is 8.13. The lowest BCUT2D eigenvalue weighted by atomic mass is 10.1. The van der Waals surface area contributed by atoms with E-state index < -0.39 is 49.0 Å². The Labute approximate surface area is 132 Å². The molecular formula is C13H8ClF4NO3S. The van der Waals surface area contributed by atoms with Crippen LogP contribution in [-0.4, -0.2) is 13.5 Å². The summed E-state index contributed by atoms with van der Waals surface area (Å²) in [6.45, 7) is 0. The fraction of sp³-hybridized carbons (Fsp3) is 0.0769. The molecule has 0 aromatic heterocycles. The van der Waals surface area contributed by atoms with Crippen molar-refractivity contribution >= 4 is 25.4 Å². The molecule has 0 aliphatic heterocycles. The van der Waals surface area contributed by atoms with Crippen molar-refractivity contribution in [2.45, 2.75) is 11.1 Å². The minimum absolute atomic E-state index is 0.382. The van der Waals surface area contributed by atoms with E-state index in [9.17, 15) is 31.1 Å². The number of rotatable bonds is 4. The first kappa shape index (κ1) is 17.5. The van der Waals surface area contributed by atoms with Crippen molar-refractivity contribution < 1.29 is 31.1 Å². The molecule has 2 aromatic rings. The summed E-state index contributed by atoms with van der Waals surface area (Å²) in [4.78, 5) is -0.479. The molecule has 0 saturated carbocycles. The molecule has 10 heteroatoms. The molecule has 0 fully saturated rings. The van der Waals surface area contributed by atoms with Crippen LogP contribution in [0.4, 0.5) is 23.2 Å². The first-order valence-electron chi connectivity index (χ1n) is 5.93. The van der Waals surface area contributed by atoms with Gasteiger partial charge < -0.3 is 10.4 Å². The van der Waals surface area contributed by atoms with Gasteiger partial charge in [-0.15, -0.1) is 0 Å². The van der Waals surface area contributed by atoms with Gasteiger partial charge in [-0.2, -0.15) is 0 Å². The molecule has 1 unspecified atom stereocenters. The van der Waals surface area contributed by atoms with Gasteiger partial charge in [0.25, 0.3) is 9.05 Å². The normalized spacial score (nSPS) is 13.0. The Morgan fingerprint density at radius 3 is 2.09 bits per heavy atom. The zero-order valence-corrected chi connectivity index (χ0v) is 12.6. The van der Waals surface area contributed by atoms with E-state index in [2.05, 4.69) is 5.32 Å². The van der Waals surface area contributed by atoms with Crippen LogP contribution in [-0.2, 0) is 9.05 Å². The van der Waals surface area contributed by atoms with Crippen LogP contribution in [0.25, 0.3) is 0 Å². The molecule has 0 amide bonds. The third kappa shape index (κ3) is 3.92. The fourth-order valence-corrected chi connectivity index (χ4v) is 2.54. The zero-order chi connectivity index (χ0) is 17.4. The molecule has 23 heavy (non-hydrogen) atoms. The average Bonchev–Trinajstić information content (AvgIpc) is 2.43. The lowest BCUT2D eigenvalue weighted by Gasteiger charge is -2.16. The van der Waals surface area contributed by atoms with Gasteiger partial charge in [-0.25, -0.2) is 26.0 Å². The molecule has 2 rings (SSSR count). The Morgan fingerprint density at radius 2 is 1.57 bits per heavy atom. The molecule has 0 spiro atoms. The van der Waals surface area contributed by atoms with E-state index in [1.165, 1.54) is 0 Å². The summed E-state index contributed by atoms with van der Waals surface area (Å²) in [7, 11) is 0.943. The van der Waals surface area contributed by atoms with Crippen LogP contribution in [0.3, 0.4) is 0 Å². The second kappa shape index (κ2) is 6.34. The lowest BCUT2D eigenvalue weighted by Crippen LogP contribution is -2.13. The average molecular weight is 370 g/mol. The number of hydrogen-bond donors (Lipinski definition) is 2. The molecule has 124 valence electrons. The molecule has 0 aliphatic carbocycles. The van der Waals surface area contributed by atoms with Crippen LogP contribution >= 0.6 is 10.7 Å². The van der Waals surface area contributed by atoms with Gasteiger partial charge in [0.2, 0.25) is 0 Å². The summed E-state index contributed by atoms with van der Waals surface area (Å²) in [6.07, 6.45) is -1.86. The van der Waals surface area contributed by atoms with E-state index in [-0.39, 0.29) is 5.69 Å². The van der Waals surface area contributed by atoms with Gasteiger partial charge in [0, 0.05) is 34.1 Å². The maximum Gasteiger partial charge on any atom is 0.261 e. The van der Waals surface area contributed by atoms with Gasteiger partial charge in [0.05, 0.1) is 4.90 Å². The second-order valence-corrected chi connectivity index (χ2v) is 6.99. The first-order valence-corrected chi connectivity index (χ1v) is 8.24. The molecule has 0 saturated heterocycles. The fourth-order valence-electron chi connectivity index (χ4n) is 1.76. The van der Waals surface area contributed by atoms with Crippen molar-refractivity contribution in [3.8, 4) is 0 Å². The van der Waals surface area contributed by atoms with Crippen molar-refractivity contribution in [1.82, 2.24) is 0 Å². The molecule has 4 nitrogen and oxygen atoms in total. The van der Waals surface area contributed by atoms with E-state index in [4.69, 9.17) is 10.7 Å². The van der Waals surface area contributed by atoms with Crippen LogP contribution in [0.2, 0.25) is 0 Å². The number of anilines is 1. The number of benzene rings is 2. The quantitative estimate of drug-likeness (QED) is 0.376. The van der Waals surface area contributed by atoms with E-state index >= 15 is 0 Å². The van der Waals surface area contributed by atoms with Crippen LogP contribution in [0.1, 0.15) is 11.8 Å². The summed E-state index contributed by atoms with van der Waals surface area (Å²) in [6, 6.07) is 3.47. The first-order chi connectivity index (χ1) is 10.6. The summed E-state index contributed by atoms with van der Waals surface area (Å²) in [5, 5.41) is 12.0. The molecule has 2 N–H and O–H groups in total. The monoisotopic (exact) mass is 369 g/mol. The van der Waals surface area contributed by atoms with E-state index in [1.807, 2.05) is 0 Å².